The molecule has 0 aliphatic rings. The van der Waals surface area contributed by atoms with Crippen LogP contribution in [0.1, 0.15) is 65.6 Å². The molecule has 0 fully saturated rings. The minimum Gasteiger partial charge on any atom is -0.443 e. The van der Waals surface area contributed by atoms with E-state index >= 15 is 0 Å². The number of benzene rings is 1. The predicted molar refractivity (Wildman–Crippen MR) is 129 cm³/mol. The highest BCUT2D eigenvalue weighted by Gasteiger charge is 2.33. The number of aromatic nitrogens is 1. The van der Waals surface area contributed by atoms with Gasteiger partial charge in [-0.15, -0.1) is 0 Å². The fourth-order valence-corrected chi connectivity index (χ4v) is 2.82. The molecule has 9 nitrogen and oxygen atoms in total. The topological polar surface area (TPSA) is 110 Å². The van der Waals surface area contributed by atoms with Gasteiger partial charge in [0, 0.05) is 12.7 Å². The summed E-state index contributed by atoms with van der Waals surface area (Å²) in [7, 11) is 0. The molecule has 2 rings (SSSR count). The minimum atomic E-state index is -0.909. The maximum atomic E-state index is 12.8. The van der Waals surface area contributed by atoms with Crippen LogP contribution in [-0.4, -0.2) is 34.4 Å². The summed E-state index contributed by atoms with van der Waals surface area (Å²) in [6.07, 6.45) is -0.374. The molecular weight excluding hydrogens is 436 g/mol. The second-order valence-corrected chi connectivity index (χ2v) is 9.78. The summed E-state index contributed by atoms with van der Waals surface area (Å²) in [6, 6.07) is 12.3. The Morgan fingerprint density at radius 2 is 1.50 bits per heavy atom. The maximum absolute atomic E-state index is 12.8. The van der Waals surface area contributed by atoms with Crippen LogP contribution in [0.4, 0.5) is 20.2 Å². The van der Waals surface area contributed by atoms with Crippen molar-refractivity contribution < 1.29 is 23.9 Å². The first-order valence-corrected chi connectivity index (χ1v) is 11.1. The number of ether oxygens (including phenoxy) is 2. The third-order valence-corrected chi connectivity index (χ3v) is 4.29. The number of rotatable bonds is 5. The lowest BCUT2D eigenvalue weighted by atomic mass is 10.1. The molecule has 2 aromatic rings. The highest BCUT2D eigenvalue weighted by Crippen LogP contribution is 2.21. The Bertz CT molecular complexity index is 968. The molecule has 9 heteroatoms. The van der Waals surface area contributed by atoms with E-state index in [0.29, 0.717) is 5.56 Å². The van der Waals surface area contributed by atoms with E-state index in [1.54, 1.807) is 47.6 Å². The minimum absolute atomic E-state index is 0.0286. The molecule has 1 aromatic heterocycles. The molecule has 0 spiro atoms. The highest BCUT2D eigenvalue weighted by molar-refractivity contribution is 6.08. The molecule has 0 unspecified atom stereocenters. The summed E-state index contributed by atoms with van der Waals surface area (Å²) in [5.74, 6) is 0.0286. The summed E-state index contributed by atoms with van der Waals surface area (Å²) < 4.78 is 10.8. The van der Waals surface area contributed by atoms with Crippen LogP contribution < -0.4 is 15.5 Å². The zero-order chi connectivity index (χ0) is 25.5. The fourth-order valence-electron chi connectivity index (χ4n) is 2.82. The van der Waals surface area contributed by atoms with E-state index in [1.165, 1.54) is 12.3 Å². The molecule has 0 aliphatic heterocycles. The summed E-state index contributed by atoms with van der Waals surface area (Å²) in [5, 5.41) is 5.64. The van der Waals surface area contributed by atoms with Crippen molar-refractivity contribution in [2.75, 3.05) is 4.90 Å². The van der Waals surface area contributed by atoms with Gasteiger partial charge < -0.3 is 20.1 Å². The van der Waals surface area contributed by atoms with Gasteiger partial charge in [0.1, 0.15) is 17.0 Å². The van der Waals surface area contributed by atoms with Gasteiger partial charge in [-0.3, -0.25) is 0 Å². The lowest BCUT2D eigenvalue weighted by molar-refractivity contribution is 0.0429. The van der Waals surface area contributed by atoms with E-state index in [1.807, 2.05) is 37.3 Å². The van der Waals surface area contributed by atoms with Gasteiger partial charge in [0.15, 0.2) is 0 Å². The smallest absolute Gasteiger partial charge is 0.425 e. The first kappa shape index (κ1) is 26.6. The van der Waals surface area contributed by atoms with Gasteiger partial charge in [-0.05, 0) is 71.7 Å². The number of pyridine rings is 1. The molecule has 4 amide bonds. The van der Waals surface area contributed by atoms with Gasteiger partial charge in [0.25, 0.3) is 0 Å². The molecule has 0 saturated carbocycles. The van der Waals surface area contributed by atoms with Gasteiger partial charge in [-0.25, -0.2) is 19.4 Å². The largest absolute Gasteiger partial charge is 0.443 e. The Morgan fingerprint density at radius 1 is 0.941 bits per heavy atom. The van der Waals surface area contributed by atoms with Crippen molar-refractivity contribution in [3.8, 4) is 0 Å². The molecule has 0 bridgehead atoms. The predicted octanol–water partition coefficient (Wildman–Crippen LogP) is 5.32. The molecule has 1 aromatic carbocycles. The molecule has 1 heterocycles. The number of carbonyl (C=O) groups is 3. The second kappa shape index (κ2) is 11.0. The Labute approximate surface area is 200 Å². The van der Waals surface area contributed by atoms with Crippen LogP contribution in [0.2, 0.25) is 0 Å². The SMILES string of the molecule is C[C@@H](NC(=O)NCc1ccnc(N(C(=O)OC(C)(C)C)C(=O)OC(C)(C)C)c1)c1ccccc1. The van der Waals surface area contributed by atoms with Crippen LogP contribution in [0.5, 0.6) is 0 Å². The van der Waals surface area contributed by atoms with Gasteiger partial charge in [-0.2, -0.15) is 4.90 Å². The first-order chi connectivity index (χ1) is 15.7. The summed E-state index contributed by atoms with van der Waals surface area (Å²) in [4.78, 5) is 42.9. The molecule has 34 heavy (non-hydrogen) atoms. The van der Waals surface area contributed by atoms with E-state index < -0.39 is 23.4 Å². The second-order valence-electron chi connectivity index (χ2n) is 9.78. The summed E-state index contributed by atoms with van der Waals surface area (Å²) >= 11 is 0. The Hall–Kier alpha value is -3.62. The van der Waals surface area contributed by atoms with E-state index in [-0.39, 0.29) is 24.4 Å². The number of nitrogens with one attached hydrogen (secondary N) is 2. The zero-order valence-electron chi connectivity index (χ0n) is 20.8. The number of amides is 4. The first-order valence-electron chi connectivity index (χ1n) is 11.1. The Morgan fingerprint density at radius 3 is 2.03 bits per heavy atom. The van der Waals surface area contributed by atoms with Crippen molar-refractivity contribution in [3.05, 3.63) is 59.8 Å². The van der Waals surface area contributed by atoms with Crippen molar-refractivity contribution in [2.24, 2.45) is 0 Å². The van der Waals surface area contributed by atoms with E-state index in [9.17, 15) is 14.4 Å². The molecule has 1 atom stereocenters. The van der Waals surface area contributed by atoms with Gasteiger partial charge >= 0.3 is 18.2 Å². The van der Waals surface area contributed by atoms with Crippen molar-refractivity contribution in [2.45, 2.75) is 72.3 Å². The third kappa shape index (κ3) is 8.73. The van der Waals surface area contributed by atoms with Crippen LogP contribution in [0.25, 0.3) is 0 Å². The standard InChI is InChI=1S/C25H34N4O5/c1-17(19-11-9-8-10-12-19)28-21(30)27-16-18-13-14-26-20(15-18)29(22(31)33-24(2,3)4)23(32)34-25(5,6)7/h8-15,17H,16H2,1-7H3,(H2,27,28,30)/t17-/m1/s1. The molecule has 0 aliphatic carbocycles. The quantitative estimate of drug-likeness (QED) is 0.612. The third-order valence-electron chi connectivity index (χ3n) is 4.29. The lowest BCUT2D eigenvalue weighted by Gasteiger charge is -2.28. The Kier molecular flexibility index (Phi) is 8.62. The van der Waals surface area contributed by atoms with Crippen molar-refractivity contribution in [1.29, 1.82) is 0 Å². The number of nitrogens with zero attached hydrogens (tertiary/aromatic N) is 2. The average Bonchev–Trinajstić information content (AvgIpc) is 2.70. The molecule has 184 valence electrons. The zero-order valence-corrected chi connectivity index (χ0v) is 20.8. The molecule has 0 radical (unpaired) electrons. The van der Waals surface area contributed by atoms with Crippen molar-refractivity contribution in [3.63, 3.8) is 0 Å². The van der Waals surface area contributed by atoms with Crippen LogP contribution in [0.3, 0.4) is 0 Å². The van der Waals surface area contributed by atoms with Gasteiger partial charge in [0.05, 0.1) is 6.04 Å². The lowest BCUT2D eigenvalue weighted by Crippen LogP contribution is -2.44. The van der Waals surface area contributed by atoms with Crippen molar-refractivity contribution >= 4 is 24.0 Å². The number of urea groups is 1. The van der Waals surface area contributed by atoms with Crippen LogP contribution >= 0.6 is 0 Å². The van der Waals surface area contributed by atoms with Gasteiger partial charge in [-0.1, -0.05) is 30.3 Å². The number of anilines is 1. The molecule has 0 saturated heterocycles. The Balaban J connectivity index is 2.14. The monoisotopic (exact) mass is 470 g/mol. The average molecular weight is 471 g/mol. The van der Waals surface area contributed by atoms with Crippen LogP contribution in [-0.2, 0) is 16.0 Å². The number of hydrogen-bond donors (Lipinski definition) is 2. The molecule has 2 N–H and O–H groups in total. The van der Waals surface area contributed by atoms with Crippen LogP contribution in [0.15, 0.2) is 48.7 Å². The summed E-state index contributed by atoms with van der Waals surface area (Å²) in [6.45, 7) is 12.2. The van der Waals surface area contributed by atoms with Gasteiger partial charge in [0.2, 0.25) is 0 Å². The molecular formula is C25H34N4O5. The fraction of sp³-hybridized carbons (Fsp3) is 0.440. The summed E-state index contributed by atoms with van der Waals surface area (Å²) in [5.41, 5.74) is -0.0486. The number of hydrogen-bond acceptors (Lipinski definition) is 6. The van der Waals surface area contributed by atoms with E-state index in [2.05, 4.69) is 15.6 Å². The highest BCUT2D eigenvalue weighted by atomic mass is 16.6. The maximum Gasteiger partial charge on any atom is 0.425 e. The van der Waals surface area contributed by atoms with Crippen LogP contribution in [0, 0.1) is 0 Å². The normalized spacial score (nSPS) is 12.3. The van der Waals surface area contributed by atoms with E-state index in [4.69, 9.17) is 9.47 Å². The number of carbonyl (C=O) groups excluding carboxylic acids is 3. The number of imide groups is 1. The van der Waals surface area contributed by atoms with Crippen molar-refractivity contribution in [1.82, 2.24) is 15.6 Å². The van der Waals surface area contributed by atoms with E-state index in [0.717, 1.165) is 10.5 Å².